The fraction of sp³-hybridized carbons (Fsp3) is 0.395. The third kappa shape index (κ3) is 9.51. The molecule has 2 atom stereocenters. The molecule has 3 aromatic carbocycles. The first-order valence-corrected chi connectivity index (χ1v) is 21.5. The normalized spacial score (nSPS) is 14.8. The Morgan fingerprint density at radius 1 is 0.962 bits per heavy atom. The van der Waals surface area contributed by atoms with Crippen LogP contribution in [0.5, 0.6) is 0 Å². The Morgan fingerprint density at radius 2 is 1.56 bits per heavy atom. The first-order valence-electron chi connectivity index (χ1n) is 18.3. The summed E-state index contributed by atoms with van der Waals surface area (Å²) in [5.41, 5.74) is 4.43. The zero-order valence-electron chi connectivity index (χ0n) is 30.9. The van der Waals surface area contributed by atoms with E-state index in [1.54, 1.807) is 12.1 Å². The summed E-state index contributed by atoms with van der Waals surface area (Å²) in [6.07, 6.45) is 4.53. The molecule has 1 N–H and O–H groups in total. The van der Waals surface area contributed by atoms with Crippen molar-refractivity contribution in [2.75, 3.05) is 12.8 Å². The molecule has 1 aromatic heterocycles. The molecule has 0 saturated heterocycles. The maximum absolute atomic E-state index is 14.0. The Morgan fingerprint density at radius 3 is 2.10 bits per heavy atom. The predicted molar refractivity (Wildman–Crippen MR) is 210 cm³/mol. The minimum atomic E-state index is -3.11. The molecule has 1 fully saturated rings. The Bertz CT molecular complexity index is 1840. The molecule has 1 aliphatic rings. The monoisotopic (exact) mass is 738 g/mol. The number of hydrogen-bond acceptors (Lipinski definition) is 5. The van der Waals surface area contributed by atoms with Gasteiger partial charge in [0.05, 0.1) is 17.7 Å². The van der Waals surface area contributed by atoms with Crippen LogP contribution in [-0.4, -0.2) is 43.2 Å². The molecule has 9 heteroatoms. The van der Waals surface area contributed by atoms with E-state index in [4.69, 9.17) is 13.9 Å². The van der Waals surface area contributed by atoms with Crippen LogP contribution in [0.3, 0.4) is 0 Å². The molecule has 2 unspecified atom stereocenters. The molecule has 52 heavy (non-hydrogen) atoms. The number of nitrogens with zero attached hydrogens (tertiary/aromatic N) is 1. The average molecular weight is 739 g/mol. The van der Waals surface area contributed by atoms with Gasteiger partial charge in [0.25, 0.3) is 8.32 Å². The number of aromatic nitrogens is 1. The van der Waals surface area contributed by atoms with E-state index in [1.807, 2.05) is 60.7 Å². The Kier molecular flexibility index (Phi) is 13.3. The molecule has 0 bridgehead atoms. The summed E-state index contributed by atoms with van der Waals surface area (Å²) in [5.74, 6) is 5.46. The van der Waals surface area contributed by atoms with Crippen LogP contribution in [0.2, 0.25) is 5.04 Å². The van der Waals surface area contributed by atoms with Crippen molar-refractivity contribution in [1.29, 1.82) is 0 Å². The molecule has 0 amide bonds. The summed E-state index contributed by atoms with van der Waals surface area (Å²) in [5, 5.41) is 11.6. The van der Waals surface area contributed by atoms with Crippen molar-refractivity contribution >= 4 is 32.7 Å². The van der Waals surface area contributed by atoms with Crippen LogP contribution in [-0.2, 0) is 18.3 Å². The number of halogens is 1. The van der Waals surface area contributed by atoms with Crippen molar-refractivity contribution in [2.24, 2.45) is 0 Å². The fourth-order valence-electron chi connectivity index (χ4n) is 7.33. The van der Waals surface area contributed by atoms with Gasteiger partial charge in [-0.3, -0.25) is 9.78 Å². The Hall–Kier alpha value is -3.99. The van der Waals surface area contributed by atoms with E-state index < -0.39 is 28.4 Å². The highest BCUT2D eigenvalue weighted by atomic mass is 31.1. The first kappa shape index (κ1) is 39.2. The number of benzene rings is 3. The van der Waals surface area contributed by atoms with Gasteiger partial charge >= 0.3 is 14.0 Å². The predicted octanol–water partition coefficient (Wildman–Crippen LogP) is 9.59. The van der Waals surface area contributed by atoms with Gasteiger partial charge in [-0.2, -0.15) is 0 Å². The van der Waals surface area contributed by atoms with Gasteiger partial charge in [-0.15, -0.1) is 4.52 Å². The molecule has 1 heterocycles. The lowest BCUT2D eigenvalue weighted by Gasteiger charge is -2.44. The van der Waals surface area contributed by atoms with E-state index in [2.05, 4.69) is 52.5 Å². The summed E-state index contributed by atoms with van der Waals surface area (Å²) < 4.78 is 40.3. The Labute approximate surface area is 310 Å². The zero-order valence-corrected chi connectivity index (χ0v) is 32.8. The van der Waals surface area contributed by atoms with Gasteiger partial charge in [0.2, 0.25) is 6.16 Å². The lowest BCUT2D eigenvalue weighted by atomic mass is 9.84. The van der Waals surface area contributed by atoms with E-state index in [0.29, 0.717) is 5.92 Å². The van der Waals surface area contributed by atoms with Crippen LogP contribution < -0.4 is 10.4 Å². The molecule has 1 aliphatic carbocycles. The van der Waals surface area contributed by atoms with Crippen molar-refractivity contribution in [3.63, 3.8) is 0 Å². The lowest BCUT2D eigenvalue weighted by Crippen LogP contribution is -2.68. The van der Waals surface area contributed by atoms with Crippen LogP contribution >= 0.6 is 8.03 Å². The molecule has 0 aliphatic heterocycles. The smallest absolute Gasteiger partial charge is 0.481 e. The van der Waals surface area contributed by atoms with Gasteiger partial charge < -0.3 is 9.53 Å². The number of pyridine rings is 1. The van der Waals surface area contributed by atoms with Gasteiger partial charge in [0, 0.05) is 17.2 Å². The summed E-state index contributed by atoms with van der Waals surface area (Å²) in [6.45, 7) is 10.4. The number of carboxylic acid groups (broad SMARTS) is 1. The molecule has 0 radical (unpaired) electrons. The van der Waals surface area contributed by atoms with Crippen molar-refractivity contribution in [3.8, 4) is 23.0 Å². The minimum absolute atomic E-state index is 0.0833. The molecule has 0 spiro atoms. The highest BCUT2D eigenvalue weighted by Gasteiger charge is 2.52. The maximum Gasteiger partial charge on any atom is 0.511 e. The van der Waals surface area contributed by atoms with Gasteiger partial charge in [0.15, 0.2) is 6.61 Å². The molecular weight excluding hydrogens is 689 g/mol. The van der Waals surface area contributed by atoms with E-state index >= 15 is 0 Å². The van der Waals surface area contributed by atoms with Gasteiger partial charge in [0.1, 0.15) is 11.9 Å². The number of carboxylic acids is 1. The van der Waals surface area contributed by atoms with E-state index in [-0.39, 0.29) is 36.0 Å². The van der Waals surface area contributed by atoms with Crippen LogP contribution in [0.1, 0.15) is 102 Å². The van der Waals surface area contributed by atoms with Crippen LogP contribution in [0, 0.1) is 17.7 Å². The van der Waals surface area contributed by atoms with Gasteiger partial charge in [-0.05, 0) is 62.5 Å². The quantitative estimate of drug-likeness (QED) is 0.0836. The lowest BCUT2D eigenvalue weighted by molar-refractivity contribution is -0.138. The van der Waals surface area contributed by atoms with Crippen LogP contribution in [0.15, 0.2) is 91.0 Å². The minimum Gasteiger partial charge on any atom is -0.481 e. The summed E-state index contributed by atoms with van der Waals surface area (Å²) >= 11 is 0. The van der Waals surface area contributed by atoms with Crippen LogP contribution in [0.4, 0.5) is 4.39 Å². The zero-order chi connectivity index (χ0) is 37.3. The standard InChI is InChI=1S/C43H49FNO5PSi/c1-31(2)42-38(39(32-23-25-34(44)26-24-32)29-40(45-42)33-16-9-6-10-17-33)22-15-27-49-51(48)30-35(28-41(46)47)50-52(43(3,4)5,36-18-11-7-12-19-36)37-20-13-8-14-21-37/h7-8,11-14,18-21,23-26,29,31,33,35H,6,9-10,16-17,27-28,30H2,1-5H3/p+1. The summed E-state index contributed by atoms with van der Waals surface area (Å²) in [7, 11) is -5.43. The molecular formula is C43H50FNO5PSi+. The second-order valence-electron chi connectivity index (χ2n) is 14.9. The summed E-state index contributed by atoms with van der Waals surface area (Å²) in [4.78, 5) is 17.3. The third-order valence-corrected chi connectivity index (χ3v) is 16.0. The number of aliphatic carboxylic acids is 1. The number of hydrogen-bond donors (Lipinski definition) is 1. The average Bonchev–Trinajstić information content (AvgIpc) is 3.12. The second-order valence-corrected chi connectivity index (χ2v) is 20.5. The molecule has 4 aromatic rings. The topological polar surface area (TPSA) is 85.7 Å². The van der Waals surface area contributed by atoms with Crippen LogP contribution in [0.25, 0.3) is 11.1 Å². The second kappa shape index (κ2) is 17.7. The molecule has 272 valence electrons. The van der Waals surface area contributed by atoms with E-state index in [1.165, 1.54) is 31.4 Å². The molecule has 1 saturated carbocycles. The van der Waals surface area contributed by atoms with Gasteiger partial charge in [-0.25, -0.2) is 4.39 Å². The molecule has 5 rings (SSSR count). The van der Waals surface area contributed by atoms with Gasteiger partial charge in [-0.1, -0.05) is 139 Å². The highest BCUT2D eigenvalue weighted by Crippen LogP contribution is 2.40. The van der Waals surface area contributed by atoms with E-state index in [0.717, 1.165) is 51.3 Å². The van der Waals surface area contributed by atoms with Crippen molar-refractivity contribution in [2.45, 2.75) is 96.1 Å². The largest absolute Gasteiger partial charge is 0.511 e. The maximum atomic E-state index is 14.0. The van der Waals surface area contributed by atoms with Crippen molar-refractivity contribution in [3.05, 3.63) is 114 Å². The number of carbonyl (C=O) groups is 1. The van der Waals surface area contributed by atoms with E-state index in [9.17, 15) is 18.9 Å². The number of rotatable bonds is 13. The third-order valence-electron chi connectivity index (χ3n) is 9.80. The fourth-order valence-corrected chi connectivity index (χ4v) is 13.0. The Balaban J connectivity index is 1.41. The molecule has 6 nitrogen and oxygen atoms in total. The SMILES string of the molecule is CC(C)c1nc(C2CCCCC2)cc(-c2ccc(F)cc2)c1C#CCO[P+](=O)CC(CC(=O)O)O[Si](c1ccccc1)(c1ccccc1)C(C)(C)C. The van der Waals surface area contributed by atoms with Crippen molar-refractivity contribution in [1.82, 2.24) is 4.98 Å². The summed E-state index contributed by atoms with van der Waals surface area (Å²) in [6, 6.07) is 28.5. The first-order chi connectivity index (χ1) is 24.9. The highest BCUT2D eigenvalue weighted by molar-refractivity contribution is 7.39. The van der Waals surface area contributed by atoms with Crippen molar-refractivity contribution < 1.29 is 27.8 Å².